The Morgan fingerprint density at radius 3 is 2.63 bits per heavy atom. The van der Waals surface area contributed by atoms with Gasteiger partial charge < -0.3 is 5.32 Å². The van der Waals surface area contributed by atoms with Gasteiger partial charge in [-0.15, -0.1) is 0 Å². The van der Waals surface area contributed by atoms with E-state index in [-0.39, 0.29) is 21.0 Å². The fourth-order valence-corrected chi connectivity index (χ4v) is 3.44. The van der Waals surface area contributed by atoms with Crippen LogP contribution in [0, 0.1) is 28.7 Å². The Morgan fingerprint density at radius 2 is 2.00 bits per heavy atom. The zero-order chi connectivity index (χ0) is 19.9. The van der Waals surface area contributed by atoms with E-state index in [9.17, 15) is 18.9 Å². The summed E-state index contributed by atoms with van der Waals surface area (Å²) in [6.45, 7) is 1.70. The molecule has 1 aromatic heterocycles. The first-order valence-corrected chi connectivity index (χ1v) is 8.75. The summed E-state index contributed by atoms with van der Waals surface area (Å²) in [5.41, 5.74) is 0.724. The maximum atomic E-state index is 14.5. The highest BCUT2D eigenvalue weighted by Crippen LogP contribution is 2.40. The molecule has 0 aliphatic carbocycles. The van der Waals surface area contributed by atoms with Gasteiger partial charge in [0.1, 0.15) is 11.6 Å². The first-order valence-electron chi connectivity index (χ1n) is 7.58. The Labute approximate surface area is 166 Å². The monoisotopic (exact) mass is 456 g/mol. The van der Waals surface area contributed by atoms with E-state index < -0.39 is 22.2 Å². The van der Waals surface area contributed by atoms with Crippen LogP contribution < -0.4 is 5.32 Å². The maximum absolute atomic E-state index is 14.5. The Kier molecular flexibility index (Phi) is 5.16. The first-order chi connectivity index (χ1) is 12.7. The minimum Gasteiger partial charge on any atom is -0.332 e. The highest BCUT2D eigenvalue weighted by Gasteiger charge is 2.24. The lowest BCUT2D eigenvalue weighted by atomic mass is 10.1. The first kappa shape index (κ1) is 19.2. The molecule has 0 saturated carbocycles. The van der Waals surface area contributed by atoms with E-state index in [0.29, 0.717) is 16.8 Å². The molecule has 0 atom stereocenters. The Morgan fingerprint density at radius 1 is 1.30 bits per heavy atom. The molecule has 1 heterocycles. The van der Waals surface area contributed by atoms with Crippen molar-refractivity contribution >= 4 is 44.7 Å². The van der Waals surface area contributed by atoms with Crippen LogP contribution in [0.4, 0.5) is 26.0 Å². The molecule has 27 heavy (non-hydrogen) atoms. The number of anilines is 2. The molecule has 3 aromatic rings. The lowest BCUT2D eigenvalue weighted by molar-refractivity contribution is -0.384. The number of nitro groups is 1. The largest absolute Gasteiger partial charge is 0.332 e. The quantitative estimate of drug-likeness (QED) is 0.400. The molecule has 0 unspecified atom stereocenters. The average Bonchev–Trinajstić information content (AvgIpc) is 2.83. The summed E-state index contributed by atoms with van der Waals surface area (Å²) in [4.78, 5) is 10.7. The number of hydrogen-bond donors (Lipinski definition) is 1. The lowest BCUT2D eigenvalue weighted by Crippen LogP contribution is -2.05. The van der Waals surface area contributed by atoms with Gasteiger partial charge in [0.05, 0.1) is 15.6 Å². The van der Waals surface area contributed by atoms with Crippen molar-refractivity contribution in [2.24, 2.45) is 7.05 Å². The third-order valence-electron chi connectivity index (χ3n) is 3.90. The number of aromatic nitrogens is 2. The molecule has 0 aliphatic heterocycles. The predicted octanol–water partition coefficient (Wildman–Crippen LogP) is 5.74. The third-order valence-corrected chi connectivity index (χ3v) is 4.67. The fourth-order valence-electron chi connectivity index (χ4n) is 2.76. The Hall–Kier alpha value is -2.52. The number of nitrogens with zero attached hydrogens (tertiary/aromatic N) is 3. The third kappa shape index (κ3) is 3.65. The topological polar surface area (TPSA) is 73.0 Å². The summed E-state index contributed by atoms with van der Waals surface area (Å²) in [5, 5.41) is 18.5. The SMILES string of the molecule is Cc1nn(C)c(Nc2c(F)cc(Br)cc2[N+](=O)[O-])c1-c1ccc(F)cc1Cl. The number of nitrogens with one attached hydrogen (secondary N) is 1. The summed E-state index contributed by atoms with van der Waals surface area (Å²) in [5.74, 6) is -1.04. The molecular weight excluding hydrogens is 446 g/mol. The molecule has 0 bridgehead atoms. The minimum absolute atomic E-state index is 0.139. The van der Waals surface area contributed by atoms with Crippen molar-refractivity contribution in [1.29, 1.82) is 0 Å². The predicted molar refractivity (Wildman–Crippen MR) is 102 cm³/mol. The van der Waals surface area contributed by atoms with Gasteiger partial charge in [0.25, 0.3) is 5.69 Å². The number of benzene rings is 2. The molecule has 0 spiro atoms. The number of hydrogen-bond acceptors (Lipinski definition) is 4. The normalized spacial score (nSPS) is 10.9. The zero-order valence-electron chi connectivity index (χ0n) is 14.1. The van der Waals surface area contributed by atoms with Crippen molar-refractivity contribution in [3.63, 3.8) is 0 Å². The highest BCUT2D eigenvalue weighted by atomic mass is 79.9. The van der Waals surface area contributed by atoms with Crippen molar-refractivity contribution in [1.82, 2.24) is 9.78 Å². The van der Waals surface area contributed by atoms with Gasteiger partial charge in [-0.1, -0.05) is 27.5 Å². The molecular formula is C17H12BrClF2N4O2. The molecule has 10 heteroatoms. The van der Waals surface area contributed by atoms with Crippen molar-refractivity contribution in [2.45, 2.75) is 6.92 Å². The van der Waals surface area contributed by atoms with Crippen LogP contribution >= 0.6 is 27.5 Å². The number of aryl methyl sites for hydroxylation is 2. The second-order valence-electron chi connectivity index (χ2n) is 5.72. The van der Waals surface area contributed by atoms with Crippen molar-refractivity contribution < 1.29 is 13.7 Å². The van der Waals surface area contributed by atoms with Crippen LogP contribution in [0.2, 0.25) is 5.02 Å². The zero-order valence-corrected chi connectivity index (χ0v) is 16.4. The van der Waals surface area contributed by atoms with E-state index in [4.69, 9.17) is 11.6 Å². The van der Waals surface area contributed by atoms with Crippen LogP contribution in [0.25, 0.3) is 11.1 Å². The van der Waals surface area contributed by atoms with E-state index in [2.05, 4.69) is 26.3 Å². The molecule has 0 aliphatic rings. The molecule has 3 rings (SSSR count). The van der Waals surface area contributed by atoms with Crippen LogP contribution in [0.15, 0.2) is 34.8 Å². The van der Waals surface area contributed by atoms with Crippen molar-refractivity contribution in [3.05, 3.63) is 67.3 Å². The van der Waals surface area contributed by atoms with Gasteiger partial charge in [-0.05, 0) is 31.2 Å². The molecule has 0 amide bonds. The van der Waals surface area contributed by atoms with Crippen molar-refractivity contribution in [2.75, 3.05) is 5.32 Å². The second kappa shape index (κ2) is 7.24. The number of rotatable bonds is 4. The summed E-state index contributed by atoms with van der Waals surface area (Å²) < 4.78 is 29.5. The molecule has 140 valence electrons. The van der Waals surface area contributed by atoms with Gasteiger partial charge >= 0.3 is 0 Å². The van der Waals surface area contributed by atoms with E-state index >= 15 is 0 Å². The highest BCUT2D eigenvalue weighted by molar-refractivity contribution is 9.10. The van der Waals surface area contributed by atoms with Gasteiger partial charge in [-0.2, -0.15) is 5.10 Å². The van der Waals surface area contributed by atoms with Gasteiger partial charge in [-0.3, -0.25) is 14.8 Å². The summed E-state index contributed by atoms with van der Waals surface area (Å²) in [7, 11) is 1.60. The Balaban J connectivity index is 2.20. The number of nitro benzene ring substituents is 1. The summed E-state index contributed by atoms with van der Waals surface area (Å²) in [6.07, 6.45) is 0. The standard InChI is InChI=1S/C17H12BrClF2N4O2/c1-8-15(11-4-3-10(20)7-12(11)19)17(24(2)23-8)22-16-13(21)5-9(18)6-14(16)25(26)27/h3-7,22H,1-2H3. The fraction of sp³-hybridized carbons (Fsp3) is 0.118. The van der Waals surface area contributed by atoms with Gasteiger partial charge in [0, 0.05) is 28.7 Å². The van der Waals surface area contributed by atoms with Crippen LogP contribution in [-0.4, -0.2) is 14.7 Å². The molecule has 2 aromatic carbocycles. The van der Waals surface area contributed by atoms with E-state index in [0.717, 1.165) is 12.1 Å². The molecule has 0 fully saturated rings. The minimum atomic E-state index is -0.814. The van der Waals surface area contributed by atoms with Crippen LogP contribution in [0.3, 0.4) is 0 Å². The van der Waals surface area contributed by atoms with Crippen molar-refractivity contribution in [3.8, 4) is 11.1 Å². The van der Waals surface area contributed by atoms with E-state index in [1.54, 1.807) is 14.0 Å². The van der Waals surface area contributed by atoms with E-state index in [1.165, 1.54) is 22.9 Å². The van der Waals surface area contributed by atoms with Crippen LogP contribution in [0.1, 0.15) is 5.69 Å². The molecule has 1 N–H and O–H groups in total. The molecule has 6 nitrogen and oxygen atoms in total. The maximum Gasteiger partial charge on any atom is 0.296 e. The number of halogens is 4. The molecule has 0 radical (unpaired) electrons. The van der Waals surface area contributed by atoms with Gasteiger partial charge in [-0.25, -0.2) is 8.78 Å². The van der Waals surface area contributed by atoms with E-state index in [1.807, 2.05) is 0 Å². The lowest BCUT2D eigenvalue weighted by Gasteiger charge is -2.12. The smallest absolute Gasteiger partial charge is 0.296 e. The average molecular weight is 458 g/mol. The summed E-state index contributed by atoms with van der Waals surface area (Å²) >= 11 is 9.20. The van der Waals surface area contributed by atoms with Gasteiger partial charge in [0.2, 0.25) is 0 Å². The van der Waals surface area contributed by atoms with Crippen LogP contribution in [-0.2, 0) is 7.05 Å². The summed E-state index contributed by atoms with van der Waals surface area (Å²) in [6, 6.07) is 6.16. The van der Waals surface area contributed by atoms with Crippen LogP contribution in [0.5, 0.6) is 0 Å². The molecule has 0 saturated heterocycles. The van der Waals surface area contributed by atoms with Gasteiger partial charge in [0.15, 0.2) is 11.5 Å². The Bertz CT molecular complexity index is 1070. The second-order valence-corrected chi connectivity index (χ2v) is 7.04.